The number of fused-ring (bicyclic) bond motifs is 1. The van der Waals surface area contributed by atoms with Crippen molar-refractivity contribution in [1.82, 2.24) is 19.9 Å². The molecular formula is C22H26N4O2. The molecule has 2 aromatic heterocycles. The predicted molar refractivity (Wildman–Crippen MR) is 108 cm³/mol. The van der Waals surface area contributed by atoms with Crippen molar-refractivity contribution in [2.45, 2.75) is 33.2 Å². The van der Waals surface area contributed by atoms with E-state index >= 15 is 0 Å². The molecule has 0 N–H and O–H groups in total. The maximum absolute atomic E-state index is 13.3. The number of benzene rings is 1. The molecule has 0 radical (unpaired) electrons. The lowest BCUT2D eigenvalue weighted by Crippen LogP contribution is -2.48. The number of rotatable bonds is 4. The SMILES string of the molecule is Cc1noc2nc(C(C)C)cc(C(=O)N3CCN(Cc4ccccc4)CC3)c12. The van der Waals surface area contributed by atoms with Crippen LogP contribution >= 0.6 is 0 Å². The summed E-state index contributed by atoms with van der Waals surface area (Å²) in [4.78, 5) is 22.2. The van der Waals surface area contributed by atoms with E-state index < -0.39 is 0 Å². The third-order valence-electron chi connectivity index (χ3n) is 5.37. The van der Waals surface area contributed by atoms with Crippen LogP contribution in [0, 0.1) is 6.92 Å². The first-order chi connectivity index (χ1) is 13.5. The number of carbonyl (C=O) groups excluding carboxylic acids is 1. The summed E-state index contributed by atoms with van der Waals surface area (Å²) in [5.74, 6) is 0.254. The standard InChI is InChI=1S/C22H26N4O2/c1-15(2)19-13-18(20-16(3)24-28-21(20)23-19)22(27)26-11-9-25(10-12-26)14-17-7-5-4-6-8-17/h4-8,13,15H,9-12,14H2,1-3H3. The quantitative estimate of drug-likeness (QED) is 0.694. The highest BCUT2D eigenvalue weighted by molar-refractivity contribution is 6.06. The maximum atomic E-state index is 13.3. The van der Waals surface area contributed by atoms with E-state index in [9.17, 15) is 4.79 Å². The molecule has 0 spiro atoms. The Morgan fingerprint density at radius 2 is 1.86 bits per heavy atom. The Kier molecular flexibility index (Phi) is 5.13. The Bertz CT molecular complexity index is 973. The Hall–Kier alpha value is -2.73. The Morgan fingerprint density at radius 1 is 1.14 bits per heavy atom. The van der Waals surface area contributed by atoms with Gasteiger partial charge in [-0.15, -0.1) is 0 Å². The minimum atomic E-state index is 0.0416. The summed E-state index contributed by atoms with van der Waals surface area (Å²) >= 11 is 0. The number of carbonyl (C=O) groups is 1. The predicted octanol–water partition coefficient (Wildman–Crippen LogP) is 3.61. The molecule has 6 heteroatoms. The summed E-state index contributed by atoms with van der Waals surface area (Å²) < 4.78 is 5.36. The Balaban J connectivity index is 1.52. The molecule has 0 bridgehead atoms. The normalized spacial score (nSPS) is 15.5. The first-order valence-electron chi connectivity index (χ1n) is 9.85. The first kappa shape index (κ1) is 18.6. The zero-order chi connectivity index (χ0) is 19.7. The van der Waals surface area contributed by atoms with Crippen LogP contribution in [0.4, 0.5) is 0 Å². The molecule has 0 unspecified atom stereocenters. The van der Waals surface area contributed by atoms with Crippen molar-refractivity contribution in [3.63, 3.8) is 0 Å². The van der Waals surface area contributed by atoms with Gasteiger partial charge >= 0.3 is 0 Å². The van der Waals surface area contributed by atoms with Gasteiger partial charge in [0.1, 0.15) is 0 Å². The van der Waals surface area contributed by atoms with Crippen molar-refractivity contribution < 1.29 is 9.32 Å². The van der Waals surface area contributed by atoms with Gasteiger partial charge in [-0.1, -0.05) is 49.3 Å². The highest BCUT2D eigenvalue weighted by Crippen LogP contribution is 2.26. The van der Waals surface area contributed by atoms with Gasteiger partial charge in [0.25, 0.3) is 11.6 Å². The van der Waals surface area contributed by atoms with Gasteiger partial charge in [-0.25, -0.2) is 4.98 Å². The molecule has 3 heterocycles. The number of hydrogen-bond donors (Lipinski definition) is 0. The van der Waals surface area contributed by atoms with E-state index in [1.807, 2.05) is 24.0 Å². The van der Waals surface area contributed by atoms with E-state index in [-0.39, 0.29) is 11.8 Å². The molecule has 6 nitrogen and oxygen atoms in total. The molecule has 1 aliphatic heterocycles. The molecule has 146 valence electrons. The fourth-order valence-electron chi connectivity index (χ4n) is 3.70. The average Bonchev–Trinajstić information content (AvgIpc) is 3.09. The topological polar surface area (TPSA) is 62.5 Å². The number of amides is 1. The van der Waals surface area contributed by atoms with Crippen LogP contribution in [0.25, 0.3) is 11.1 Å². The molecule has 0 aliphatic carbocycles. The minimum absolute atomic E-state index is 0.0416. The highest BCUT2D eigenvalue weighted by Gasteiger charge is 2.26. The summed E-state index contributed by atoms with van der Waals surface area (Å²) in [6.45, 7) is 10.1. The summed E-state index contributed by atoms with van der Waals surface area (Å²) in [5.41, 5.74) is 3.98. The van der Waals surface area contributed by atoms with Crippen LogP contribution in [0.5, 0.6) is 0 Å². The lowest BCUT2D eigenvalue weighted by Gasteiger charge is -2.35. The number of aromatic nitrogens is 2. The Labute approximate surface area is 165 Å². The molecular weight excluding hydrogens is 352 g/mol. The van der Waals surface area contributed by atoms with Crippen LogP contribution in [0.1, 0.15) is 47.1 Å². The van der Waals surface area contributed by atoms with E-state index in [0.29, 0.717) is 17.0 Å². The highest BCUT2D eigenvalue weighted by atomic mass is 16.5. The van der Waals surface area contributed by atoms with Crippen LogP contribution < -0.4 is 0 Å². The number of aryl methyl sites for hydroxylation is 1. The van der Waals surface area contributed by atoms with Crippen LogP contribution in [0.3, 0.4) is 0 Å². The van der Waals surface area contributed by atoms with E-state index in [1.54, 1.807) is 0 Å². The Morgan fingerprint density at radius 3 is 2.54 bits per heavy atom. The van der Waals surface area contributed by atoms with E-state index in [1.165, 1.54) is 5.56 Å². The van der Waals surface area contributed by atoms with Crippen molar-refractivity contribution >= 4 is 17.0 Å². The molecule has 4 rings (SSSR count). The van der Waals surface area contributed by atoms with Crippen LogP contribution in [0.15, 0.2) is 40.9 Å². The van der Waals surface area contributed by atoms with Crippen molar-refractivity contribution in [2.24, 2.45) is 0 Å². The monoisotopic (exact) mass is 378 g/mol. The molecule has 28 heavy (non-hydrogen) atoms. The second-order valence-corrected chi connectivity index (χ2v) is 7.75. The van der Waals surface area contributed by atoms with Gasteiger partial charge in [0.05, 0.1) is 16.6 Å². The maximum Gasteiger partial charge on any atom is 0.259 e. The summed E-state index contributed by atoms with van der Waals surface area (Å²) in [6.07, 6.45) is 0. The lowest BCUT2D eigenvalue weighted by molar-refractivity contribution is 0.0630. The van der Waals surface area contributed by atoms with Gasteiger partial charge < -0.3 is 9.42 Å². The molecule has 3 aromatic rings. The summed E-state index contributed by atoms with van der Waals surface area (Å²) in [5, 5.41) is 4.76. The van der Waals surface area contributed by atoms with Crippen molar-refractivity contribution in [1.29, 1.82) is 0 Å². The molecule has 1 aliphatic rings. The van der Waals surface area contributed by atoms with Gasteiger partial charge in [-0.05, 0) is 24.5 Å². The van der Waals surface area contributed by atoms with Crippen molar-refractivity contribution in [3.8, 4) is 0 Å². The van der Waals surface area contributed by atoms with E-state index in [4.69, 9.17) is 4.52 Å². The van der Waals surface area contributed by atoms with Gasteiger partial charge in [0.2, 0.25) is 0 Å². The fraction of sp³-hybridized carbons (Fsp3) is 0.409. The van der Waals surface area contributed by atoms with Crippen LogP contribution in [-0.4, -0.2) is 52.0 Å². The number of nitrogens with zero attached hydrogens (tertiary/aromatic N) is 4. The number of piperazine rings is 1. The third kappa shape index (κ3) is 3.64. The van der Waals surface area contributed by atoms with Crippen molar-refractivity contribution in [3.05, 3.63) is 58.9 Å². The van der Waals surface area contributed by atoms with Gasteiger partial charge in [0.15, 0.2) is 0 Å². The molecule has 0 saturated carbocycles. The average molecular weight is 378 g/mol. The largest absolute Gasteiger partial charge is 0.336 e. The second-order valence-electron chi connectivity index (χ2n) is 7.75. The molecule has 1 amide bonds. The van der Waals surface area contributed by atoms with Crippen molar-refractivity contribution in [2.75, 3.05) is 26.2 Å². The zero-order valence-electron chi connectivity index (χ0n) is 16.7. The van der Waals surface area contributed by atoms with Gasteiger partial charge in [-0.2, -0.15) is 0 Å². The third-order valence-corrected chi connectivity index (χ3v) is 5.37. The second kappa shape index (κ2) is 7.72. The smallest absolute Gasteiger partial charge is 0.259 e. The van der Waals surface area contributed by atoms with Crippen LogP contribution in [0.2, 0.25) is 0 Å². The molecule has 1 fully saturated rings. The zero-order valence-corrected chi connectivity index (χ0v) is 16.7. The molecule has 1 aromatic carbocycles. The van der Waals surface area contributed by atoms with Crippen LogP contribution in [-0.2, 0) is 6.54 Å². The number of hydrogen-bond acceptors (Lipinski definition) is 5. The summed E-state index contributed by atoms with van der Waals surface area (Å²) in [7, 11) is 0. The lowest BCUT2D eigenvalue weighted by atomic mass is 10.0. The fourth-order valence-corrected chi connectivity index (χ4v) is 3.70. The molecule has 1 saturated heterocycles. The number of pyridine rings is 1. The van der Waals surface area contributed by atoms with E-state index in [0.717, 1.165) is 43.8 Å². The molecule has 0 atom stereocenters. The minimum Gasteiger partial charge on any atom is -0.336 e. The van der Waals surface area contributed by atoms with Gasteiger partial charge in [0, 0.05) is 38.4 Å². The first-order valence-corrected chi connectivity index (χ1v) is 9.85. The summed E-state index contributed by atoms with van der Waals surface area (Å²) in [6, 6.07) is 12.4. The van der Waals surface area contributed by atoms with E-state index in [2.05, 4.69) is 53.2 Å². The van der Waals surface area contributed by atoms with Gasteiger partial charge in [-0.3, -0.25) is 9.69 Å².